The predicted octanol–water partition coefficient (Wildman–Crippen LogP) is 3.88. The van der Waals surface area contributed by atoms with E-state index in [1.807, 2.05) is 67.3 Å². The van der Waals surface area contributed by atoms with Gasteiger partial charge >= 0.3 is 0 Å². The number of aryl methyl sites for hydroxylation is 1. The fourth-order valence-electron chi connectivity index (χ4n) is 3.05. The zero-order valence-corrected chi connectivity index (χ0v) is 16.5. The quantitative estimate of drug-likeness (QED) is 0.742. The van der Waals surface area contributed by atoms with Gasteiger partial charge in [0.1, 0.15) is 12.4 Å². The van der Waals surface area contributed by atoms with Gasteiger partial charge in [0.05, 0.1) is 6.04 Å². The van der Waals surface area contributed by atoms with Crippen molar-refractivity contribution in [3.05, 3.63) is 54.1 Å². The van der Waals surface area contributed by atoms with Crippen molar-refractivity contribution in [3.63, 3.8) is 0 Å². The molecule has 2 aromatic carbocycles. The highest BCUT2D eigenvalue weighted by Gasteiger charge is 2.23. The van der Waals surface area contributed by atoms with Gasteiger partial charge in [0.25, 0.3) is 0 Å². The van der Waals surface area contributed by atoms with Crippen molar-refractivity contribution in [3.8, 4) is 5.75 Å². The molecule has 142 valence electrons. The Labute approximate surface area is 165 Å². The van der Waals surface area contributed by atoms with E-state index < -0.39 is 0 Å². The fourth-order valence-corrected chi connectivity index (χ4v) is 3.37. The van der Waals surface area contributed by atoms with Crippen LogP contribution in [0.3, 0.4) is 0 Å². The molecule has 1 atom stereocenters. The summed E-state index contributed by atoms with van der Waals surface area (Å²) in [5, 5.41) is 6.96. The molecular weight excluding hydrogens is 358 g/mol. The lowest BCUT2D eigenvalue weighted by Crippen LogP contribution is -2.39. The van der Waals surface area contributed by atoms with Gasteiger partial charge in [0.15, 0.2) is 5.11 Å². The van der Waals surface area contributed by atoms with Crippen LogP contribution in [0.2, 0.25) is 0 Å². The highest BCUT2D eigenvalue weighted by Crippen LogP contribution is 2.28. The molecule has 0 bridgehead atoms. The molecule has 2 N–H and O–H groups in total. The van der Waals surface area contributed by atoms with Gasteiger partial charge in [-0.3, -0.25) is 4.79 Å². The summed E-state index contributed by atoms with van der Waals surface area (Å²) in [5.41, 5.74) is 2.90. The summed E-state index contributed by atoms with van der Waals surface area (Å²) >= 11 is 5.42. The SMILES string of the molecule is Cc1ccc(NC(=S)NC(C)COc2ccccc2)cc1N1CCCC1=O. The molecule has 1 amide bonds. The van der Waals surface area contributed by atoms with E-state index >= 15 is 0 Å². The summed E-state index contributed by atoms with van der Waals surface area (Å²) in [6.45, 7) is 5.32. The summed E-state index contributed by atoms with van der Waals surface area (Å²) in [6.07, 6.45) is 1.53. The van der Waals surface area contributed by atoms with E-state index in [0.717, 1.165) is 35.7 Å². The maximum Gasteiger partial charge on any atom is 0.227 e. The van der Waals surface area contributed by atoms with Crippen molar-refractivity contribution >= 4 is 34.6 Å². The summed E-state index contributed by atoms with van der Waals surface area (Å²) in [4.78, 5) is 13.9. The van der Waals surface area contributed by atoms with E-state index in [1.165, 1.54) is 0 Å². The monoisotopic (exact) mass is 383 g/mol. The molecule has 0 aromatic heterocycles. The maximum atomic E-state index is 12.0. The Morgan fingerprint density at radius 3 is 2.74 bits per heavy atom. The van der Waals surface area contributed by atoms with Gasteiger partial charge in [0, 0.05) is 24.3 Å². The number of benzene rings is 2. The highest BCUT2D eigenvalue weighted by molar-refractivity contribution is 7.80. The minimum atomic E-state index is 0.0512. The molecule has 0 spiro atoms. The Balaban J connectivity index is 1.55. The molecule has 1 fully saturated rings. The Hall–Kier alpha value is -2.60. The number of nitrogens with one attached hydrogen (secondary N) is 2. The van der Waals surface area contributed by atoms with Crippen LogP contribution >= 0.6 is 12.2 Å². The van der Waals surface area contributed by atoms with Gasteiger partial charge in [-0.2, -0.15) is 0 Å². The lowest BCUT2D eigenvalue weighted by molar-refractivity contribution is -0.117. The number of amides is 1. The second-order valence-corrected chi connectivity index (χ2v) is 7.18. The largest absolute Gasteiger partial charge is 0.491 e. The van der Waals surface area contributed by atoms with E-state index in [9.17, 15) is 4.79 Å². The molecule has 27 heavy (non-hydrogen) atoms. The highest BCUT2D eigenvalue weighted by atomic mass is 32.1. The minimum Gasteiger partial charge on any atom is -0.491 e. The van der Waals surface area contributed by atoms with Crippen LogP contribution in [0.25, 0.3) is 0 Å². The molecule has 0 aliphatic carbocycles. The van der Waals surface area contributed by atoms with Crippen molar-refractivity contribution in [2.75, 3.05) is 23.4 Å². The van der Waals surface area contributed by atoms with E-state index in [2.05, 4.69) is 10.6 Å². The predicted molar refractivity (Wildman–Crippen MR) is 114 cm³/mol. The smallest absolute Gasteiger partial charge is 0.227 e. The Bertz CT molecular complexity index is 810. The average Bonchev–Trinajstić information content (AvgIpc) is 3.08. The van der Waals surface area contributed by atoms with Crippen LogP contribution in [0.4, 0.5) is 11.4 Å². The number of thiocarbonyl (C=S) groups is 1. The third-order valence-corrected chi connectivity index (χ3v) is 4.67. The second kappa shape index (κ2) is 8.86. The zero-order chi connectivity index (χ0) is 19.2. The molecule has 1 aliphatic rings. The molecule has 1 unspecified atom stereocenters. The van der Waals surface area contributed by atoms with Crippen molar-refractivity contribution in [1.82, 2.24) is 5.32 Å². The van der Waals surface area contributed by atoms with E-state index in [1.54, 1.807) is 0 Å². The van der Waals surface area contributed by atoms with E-state index in [4.69, 9.17) is 17.0 Å². The first-order chi connectivity index (χ1) is 13.0. The third kappa shape index (κ3) is 5.20. The fraction of sp³-hybridized carbons (Fsp3) is 0.333. The molecule has 6 heteroatoms. The van der Waals surface area contributed by atoms with Crippen LogP contribution in [0.1, 0.15) is 25.3 Å². The number of ether oxygens (including phenoxy) is 1. The van der Waals surface area contributed by atoms with E-state index in [0.29, 0.717) is 18.1 Å². The normalized spacial score (nSPS) is 14.7. The standard InChI is InChI=1S/C21H25N3O2S/c1-15-10-11-17(13-19(15)24-12-6-9-20(24)25)23-21(27)22-16(2)14-26-18-7-4-3-5-8-18/h3-5,7-8,10-11,13,16H,6,9,12,14H2,1-2H3,(H2,22,23,27). The first-order valence-corrected chi connectivity index (χ1v) is 9.60. The van der Waals surface area contributed by atoms with Gasteiger partial charge in [-0.25, -0.2) is 0 Å². The molecule has 1 heterocycles. The number of rotatable bonds is 6. The van der Waals surface area contributed by atoms with Gasteiger partial charge in [0.2, 0.25) is 5.91 Å². The van der Waals surface area contributed by atoms with Crippen molar-refractivity contribution < 1.29 is 9.53 Å². The number of anilines is 2. The molecule has 0 saturated carbocycles. The molecule has 0 radical (unpaired) electrons. The third-order valence-electron chi connectivity index (χ3n) is 4.45. The van der Waals surface area contributed by atoms with Crippen LogP contribution in [-0.4, -0.2) is 30.2 Å². The minimum absolute atomic E-state index is 0.0512. The number of hydrogen-bond acceptors (Lipinski definition) is 3. The number of hydrogen-bond donors (Lipinski definition) is 2. The van der Waals surface area contributed by atoms with Crippen molar-refractivity contribution in [2.45, 2.75) is 32.7 Å². The van der Waals surface area contributed by atoms with Crippen molar-refractivity contribution in [2.24, 2.45) is 0 Å². The Morgan fingerprint density at radius 1 is 1.26 bits per heavy atom. The van der Waals surface area contributed by atoms with Gasteiger partial charge in [-0.1, -0.05) is 24.3 Å². The number of para-hydroxylation sites is 1. The number of carbonyl (C=O) groups excluding carboxylic acids is 1. The topological polar surface area (TPSA) is 53.6 Å². The molecular formula is C21H25N3O2S. The summed E-state index contributed by atoms with van der Waals surface area (Å²) < 4.78 is 5.74. The number of nitrogens with zero attached hydrogens (tertiary/aromatic N) is 1. The Kier molecular flexibility index (Phi) is 6.29. The molecule has 2 aromatic rings. The lowest BCUT2D eigenvalue weighted by atomic mass is 10.1. The number of carbonyl (C=O) groups is 1. The van der Waals surface area contributed by atoms with Gasteiger partial charge in [-0.15, -0.1) is 0 Å². The first-order valence-electron chi connectivity index (χ1n) is 9.19. The average molecular weight is 384 g/mol. The molecule has 1 saturated heterocycles. The van der Waals surface area contributed by atoms with Gasteiger partial charge in [-0.05, 0) is 62.3 Å². The molecule has 3 rings (SSSR count). The van der Waals surface area contributed by atoms with Crippen LogP contribution < -0.4 is 20.3 Å². The molecule has 5 nitrogen and oxygen atoms in total. The summed E-state index contributed by atoms with van der Waals surface area (Å²) in [7, 11) is 0. The van der Waals surface area contributed by atoms with Crippen LogP contribution in [0, 0.1) is 6.92 Å². The Morgan fingerprint density at radius 2 is 2.04 bits per heavy atom. The zero-order valence-electron chi connectivity index (χ0n) is 15.7. The van der Waals surface area contributed by atoms with Crippen LogP contribution in [0.5, 0.6) is 5.75 Å². The van der Waals surface area contributed by atoms with Gasteiger partial charge < -0.3 is 20.3 Å². The molecule has 1 aliphatic heterocycles. The van der Waals surface area contributed by atoms with Crippen molar-refractivity contribution in [1.29, 1.82) is 0 Å². The van der Waals surface area contributed by atoms with E-state index in [-0.39, 0.29) is 11.9 Å². The lowest BCUT2D eigenvalue weighted by Gasteiger charge is -2.21. The summed E-state index contributed by atoms with van der Waals surface area (Å²) in [6, 6.07) is 15.7. The van der Waals surface area contributed by atoms with Crippen LogP contribution in [-0.2, 0) is 4.79 Å². The maximum absolute atomic E-state index is 12.0. The van der Waals surface area contributed by atoms with Crippen LogP contribution in [0.15, 0.2) is 48.5 Å². The second-order valence-electron chi connectivity index (χ2n) is 6.77. The first kappa shape index (κ1) is 19.2. The summed E-state index contributed by atoms with van der Waals surface area (Å²) in [5.74, 6) is 1.02.